The molecule has 1 heterocycles. The van der Waals surface area contributed by atoms with Crippen molar-refractivity contribution >= 4 is 11.8 Å². The Kier molecular flexibility index (Phi) is 4.34. The Labute approximate surface area is 123 Å². The van der Waals surface area contributed by atoms with Crippen molar-refractivity contribution in [1.82, 2.24) is 4.90 Å². The topological polar surface area (TPSA) is 41.6 Å². The molecule has 1 unspecified atom stereocenters. The van der Waals surface area contributed by atoms with Crippen LogP contribution in [0.5, 0.6) is 0 Å². The third kappa shape index (κ3) is 4.06. The lowest BCUT2D eigenvalue weighted by Gasteiger charge is -2.24. The smallest absolute Gasteiger partial charge is 0.410 e. The number of nitrogens with one attached hydrogen (secondary N) is 1. The number of carbonyl (C=O) groups is 1. The summed E-state index contributed by atoms with van der Waals surface area (Å²) in [6, 6.07) is 3.88. The van der Waals surface area contributed by atoms with Gasteiger partial charge >= 0.3 is 6.09 Å². The second-order valence-corrected chi connectivity index (χ2v) is 6.16. The fourth-order valence-electron chi connectivity index (χ4n) is 2.21. The zero-order chi connectivity index (χ0) is 15.6. The van der Waals surface area contributed by atoms with Crippen LogP contribution in [0.4, 0.5) is 19.3 Å². The maximum Gasteiger partial charge on any atom is 0.410 e. The fourth-order valence-corrected chi connectivity index (χ4v) is 2.21. The molecule has 4 nitrogen and oxygen atoms in total. The molecule has 0 radical (unpaired) electrons. The molecular formula is C15H20F2N2O2. The largest absolute Gasteiger partial charge is 0.444 e. The van der Waals surface area contributed by atoms with Gasteiger partial charge in [0.2, 0.25) is 0 Å². The normalized spacial score (nSPS) is 18.7. The van der Waals surface area contributed by atoms with E-state index in [1.807, 2.05) is 0 Å². The van der Waals surface area contributed by atoms with Gasteiger partial charge in [0.1, 0.15) is 5.60 Å². The van der Waals surface area contributed by atoms with E-state index in [4.69, 9.17) is 4.74 Å². The summed E-state index contributed by atoms with van der Waals surface area (Å²) in [4.78, 5) is 13.5. The number of benzene rings is 1. The van der Waals surface area contributed by atoms with Crippen LogP contribution >= 0.6 is 0 Å². The van der Waals surface area contributed by atoms with E-state index in [-0.39, 0.29) is 17.8 Å². The Morgan fingerprint density at radius 3 is 2.76 bits per heavy atom. The zero-order valence-electron chi connectivity index (χ0n) is 12.5. The van der Waals surface area contributed by atoms with Gasteiger partial charge in [0.05, 0.1) is 5.69 Å². The predicted octanol–water partition coefficient (Wildman–Crippen LogP) is 3.39. The molecule has 1 amide bonds. The minimum Gasteiger partial charge on any atom is -0.444 e. The maximum absolute atomic E-state index is 13.6. The van der Waals surface area contributed by atoms with Crippen LogP contribution in [0.15, 0.2) is 18.2 Å². The molecule has 1 aromatic rings. The third-order valence-electron chi connectivity index (χ3n) is 3.15. The highest BCUT2D eigenvalue weighted by Crippen LogP contribution is 2.22. The van der Waals surface area contributed by atoms with E-state index in [9.17, 15) is 13.6 Å². The van der Waals surface area contributed by atoms with Gasteiger partial charge in [0.15, 0.2) is 11.6 Å². The molecule has 0 spiro atoms. The maximum atomic E-state index is 13.6. The van der Waals surface area contributed by atoms with E-state index in [1.54, 1.807) is 25.7 Å². The second-order valence-electron chi connectivity index (χ2n) is 6.16. The number of likely N-dealkylation sites (tertiary alicyclic amines) is 1. The van der Waals surface area contributed by atoms with Gasteiger partial charge in [-0.1, -0.05) is 6.07 Å². The zero-order valence-corrected chi connectivity index (χ0v) is 12.5. The van der Waals surface area contributed by atoms with Crippen LogP contribution in [-0.4, -0.2) is 35.7 Å². The van der Waals surface area contributed by atoms with Crippen LogP contribution in [0.25, 0.3) is 0 Å². The SMILES string of the molecule is CC(C)(C)OC(=O)N1CCC(Nc2cccc(F)c2F)C1. The minimum absolute atomic E-state index is 0.117. The number of carbonyl (C=O) groups excluding carboxylic acids is 1. The standard InChI is InChI=1S/C15H20F2N2O2/c1-15(2,3)21-14(20)19-8-7-10(9-19)18-12-6-4-5-11(16)13(12)17/h4-6,10,18H,7-9H2,1-3H3. The molecular weight excluding hydrogens is 278 g/mol. The van der Waals surface area contributed by atoms with Crippen molar-refractivity contribution in [3.63, 3.8) is 0 Å². The van der Waals surface area contributed by atoms with Crippen LogP contribution < -0.4 is 5.32 Å². The molecule has 1 saturated heterocycles. The van der Waals surface area contributed by atoms with E-state index in [2.05, 4.69) is 5.32 Å². The highest BCUT2D eigenvalue weighted by Gasteiger charge is 2.30. The first-order chi connectivity index (χ1) is 9.76. The van der Waals surface area contributed by atoms with Gasteiger partial charge in [-0.3, -0.25) is 0 Å². The Balaban J connectivity index is 1.94. The Hall–Kier alpha value is -1.85. The molecule has 6 heteroatoms. The highest BCUT2D eigenvalue weighted by molar-refractivity contribution is 5.68. The quantitative estimate of drug-likeness (QED) is 0.910. The number of nitrogens with zero attached hydrogens (tertiary/aromatic N) is 1. The second kappa shape index (κ2) is 5.87. The van der Waals surface area contributed by atoms with Crippen molar-refractivity contribution < 1.29 is 18.3 Å². The van der Waals surface area contributed by atoms with Crippen LogP contribution in [0.1, 0.15) is 27.2 Å². The molecule has 0 aromatic heterocycles. The summed E-state index contributed by atoms with van der Waals surface area (Å²) in [5, 5.41) is 2.93. The summed E-state index contributed by atoms with van der Waals surface area (Å²) >= 11 is 0. The van der Waals surface area contributed by atoms with Gasteiger partial charge < -0.3 is 15.0 Å². The van der Waals surface area contributed by atoms with E-state index < -0.39 is 17.2 Å². The average Bonchev–Trinajstić information content (AvgIpc) is 2.82. The third-order valence-corrected chi connectivity index (χ3v) is 3.15. The number of halogens is 2. The van der Waals surface area contributed by atoms with E-state index in [0.717, 1.165) is 6.07 Å². The monoisotopic (exact) mass is 298 g/mol. The lowest BCUT2D eigenvalue weighted by Crippen LogP contribution is -2.36. The van der Waals surface area contributed by atoms with Crippen LogP contribution in [-0.2, 0) is 4.74 Å². The van der Waals surface area contributed by atoms with Crippen molar-refractivity contribution in [3.8, 4) is 0 Å². The molecule has 2 rings (SSSR count). The van der Waals surface area contributed by atoms with Crippen molar-refractivity contribution in [3.05, 3.63) is 29.8 Å². The number of anilines is 1. The highest BCUT2D eigenvalue weighted by atomic mass is 19.2. The first-order valence-electron chi connectivity index (χ1n) is 6.95. The van der Waals surface area contributed by atoms with Crippen LogP contribution in [0.3, 0.4) is 0 Å². The molecule has 21 heavy (non-hydrogen) atoms. The number of rotatable bonds is 2. The summed E-state index contributed by atoms with van der Waals surface area (Å²) in [7, 11) is 0. The molecule has 0 aliphatic carbocycles. The number of amides is 1. The summed E-state index contributed by atoms with van der Waals surface area (Å²) in [6.45, 7) is 6.35. The first kappa shape index (κ1) is 15.5. The van der Waals surface area contributed by atoms with Crippen molar-refractivity contribution in [2.75, 3.05) is 18.4 Å². The number of ether oxygens (including phenoxy) is 1. The average molecular weight is 298 g/mol. The van der Waals surface area contributed by atoms with Gasteiger partial charge in [-0.05, 0) is 39.3 Å². The summed E-state index contributed by atoms with van der Waals surface area (Å²) < 4.78 is 32.0. The summed E-state index contributed by atoms with van der Waals surface area (Å²) in [6.07, 6.45) is 0.279. The van der Waals surface area contributed by atoms with Crippen molar-refractivity contribution in [2.45, 2.75) is 38.8 Å². The molecule has 1 aliphatic heterocycles. The van der Waals surface area contributed by atoms with Gasteiger partial charge in [-0.2, -0.15) is 0 Å². The van der Waals surface area contributed by atoms with Crippen LogP contribution in [0, 0.1) is 11.6 Å². The lowest BCUT2D eigenvalue weighted by molar-refractivity contribution is 0.0293. The van der Waals surface area contributed by atoms with Gasteiger partial charge in [0, 0.05) is 19.1 Å². The van der Waals surface area contributed by atoms with Crippen molar-refractivity contribution in [2.24, 2.45) is 0 Å². The lowest BCUT2D eigenvalue weighted by atomic mass is 10.2. The molecule has 1 atom stereocenters. The first-order valence-corrected chi connectivity index (χ1v) is 6.95. The van der Waals surface area contributed by atoms with E-state index in [1.165, 1.54) is 12.1 Å². The molecule has 1 aromatic carbocycles. The van der Waals surface area contributed by atoms with Gasteiger partial charge in [-0.25, -0.2) is 13.6 Å². The van der Waals surface area contributed by atoms with Gasteiger partial charge in [-0.15, -0.1) is 0 Å². The Morgan fingerprint density at radius 2 is 2.10 bits per heavy atom. The minimum atomic E-state index is -0.895. The fraction of sp³-hybridized carbons (Fsp3) is 0.533. The Morgan fingerprint density at radius 1 is 1.38 bits per heavy atom. The van der Waals surface area contributed by atoms with E-state index >= 15 is 0 Å². The summed E-state index contributed by atoms with van der Waals surface area (Å²) in [5.41, 5.74) is -0.428. The summed E-state index contributed by atoms with van der Waals surface area (Å²) in [5.74, 6) is -1.78. The molecule has 0 saturated carbocycles. The molecule has 1 N–H and O–H groups in total. The van der Waals surface area contributed by atoms with Crippen LogP contribution in [0.2, 0.25) is 0 Å². The molecule has 116 valence electrons. The molecule has 0 bridgehead atoms. The van der Waals surface area contributed by atoms with E-state index in [0.29, 0.717) is 19.5 Å². The van der Waals surface area contributed by atoms with Gasteiger partial charge in [0.25, 0.3) is 0 Å². The molecule has 1 aliphatic rings. The predicted molar refractivity (Wildman–Crippen MR) is 76.2 cm³/mol. The number of hydrogen-bond donors (Lipinski definition) is 1. The number of hydrogen-bond acceptors (Lipinski definition) is 3. The van der Waals surface area contributed by atoms with Crippen molar-refractivity contribution in [1.29, 1.82) is 0 Å². The Bertz CT molecular complexity index is 529. The molecule has 1 fully saturated rings.